The van der Waals surface area contributed by atoms with Crippen LogP contribution in [0.1, 0.15) is 12.0 Å². The van der Waals surface area contributed by atoms with Crippen LogP contribution in [0.15, 0.2) is 42.5 Å². The zero-order valence-electron chi connectivity index (χ0n) is 15.5. The van der Waals surface area contributed by atoms with Gasteiger partial charge < -0.3 is 24.8 Å². The largest absolute Gasteiger partial charge is 0.493 e. The molecule has 0 aromatic heterocycles. The third-order valence-electron chi connectivity index (χ3n) is 3.92. The molecule has 26 heavy (non-hydrogen) atoms. The molecular weight excluding hydrogens is 332 g/mol. The van der Waals surface area contributed by atoms with E-state index >= 15 is 0 Å². The summed E-state index contributed by atoms with van der Waals surface area (Å²) in [6.07, 6.45) is 1.21. The van der Waals surface area contributed by atoms with Gasteiger partial charge in [0.2, 0.25) is 11.7 Å². The molecule has 0 atom stereocenters. The maximum absolute atomic E-state index is 11.9. The topological polar surface area (TPSA) is 68.8 Å². The summed E-state index contributed by atoms with van der Waals surface area (Å²) in [6, 6.07) is 13.7. The average molecular weight is 358 g/mol. The third kappa shape index (κ3) is 5.58. The Kier molecular flexibility index (Phi) is 7.61. The lowest BCUT2D eigenvalue weighted by Crippen LogP contribution is -2.27. The van der Waals surface area contributed by atoms with Crippen LogP contribution < -0.4 is 24.8 Å². The first-order valence-electron chi connectivity index (χ1n) is 8.52. The number of hydrogen-bond acceptors (Lipinski definition) is 5. The van der Waals surface area contributed by atoms with Crippen molar-refractivity contribution in [2.24, 2.45) is 0 Å². The fraction of sp³-hybridized carbons (Fsp3) is 0.350. The van der Waals surface area contributed by atoms with E-state index in [1.165, 1.54) is 5.56 Å². The molecule has 0 radical (unpaired) electrons. The number of rotatable bonds is 10. The number of methoxy groups -OCH3 is 3. The number of hydrogen-bond donors (Lipinski definition) is 2. The summed E-state index contributed by atoms with van der Waals surface area (Å²) in [5, 5.41) is 6.14. The highest BCUT2D eigenvalue weighted by atomic mass is 16.5. The van der Waals surface area contributed by atoms with Gasteiger partial charge in [0.25, 0.3) is 0 Å². The molecule has 6 heteroatoms. The molecule has 0 heterocycles. The fourth-order valence-corrected chi connectivity index (χ4v) is 2.58. The van der Waals surface area contributed by atoms with E-state index in [-0.39, 0.29) is 5.91 Å². The van der Waals surface area contributed by atoms with Crippen LogP contribution in [0.5, 0.6) is 17.2 Å². The first-order chi connectivity index (χ1) is 12.7. The van der Waals surface area contributed by atoms with E-state index in [0.717, 1.165) is 12.1 Å². The molecule has 0 spiro atoms. The van der Waals surface area contributed by atoms with Crippen LogP contribution in [0.2, 0.25) is 0 Å². The van der Waals surface area contributed by atoms with E-state index in [1.54, 1.807) is 21.3 Å². The normalized spacial score (nSPS) is 10.1. The summed E-state index contributed by atoms with van der Waals surface area (Å²) in [5.74, 6) is 1.70. The number of nitrogens with one attached hydrogen (secondary N) is 2. The monoisotopic (exact) mass is 358 g/mol. The lowest BCUT2D eigenvalue weighted by molar-refractivity contribution is -0.120. The molecule has 140 valence electrons. The summed E-state index contributed by atoms with van der Waals surface area (Å²) in [6.45, 7) is 1.14. The quantitative estimate of drug-likeness (QED) is 0.683. The highest BCUT2D eigenvalue weighted by molar-refractivity contribution is 5.76. The van der Waals surface area contributed by atoms with E-state index in [2.05, 4.69) is 22.8 Å². The molecule has 0 aliphatic rings. The van der Waals surface area contributed by atoms with Gasteiger partial charge in [0, 0.05) is 37.3 Å². The second-order valence-corrected chi connectivity index (χ2v) is 5.68. The number of carbonyl (C=O) groups is 1. The highest BCUT2D eigenvalue weighted by Gasteiger charge is 2.13. The smallest absolute Gasteiger partial charge is 0.221 e. The van der Waals surface area contributed by atoms with Gasteiger partial charge >= 0.3 is 0 Å². The summed E-state index contributed by atoms with van der Waals surface area (Å²) < 4.78 is 15.9. The van der Waals surface area contributed by atoms with Gasteiger partial charge in [-0.05, 0) is 12.0 Å². The van der Waals surface area contributed by atoms with Gasteiger partial charge in [-0.3, -0.25) is 4.79 Å². The van der Waals surface area contributed by atoms with Gasteiger partial charge in [-0.1, -0.05) is 30.3 Å². The summed E-state index contributed by atoms with van der Waals surface area (Å²) in [4.78, 5) is 11.9. The first-order valence-corrected chi connectivity index (χ1v) is 8.52. The molecule has 2 aromatic carbocycles. The van der Waals surface area contributed by atoms with Crippen LogP contribution in [0.4, 0.5) is 5.69 Å². The van der Waals surface area contributed by atoms with Crippen molar-refractivity contribution in [3.8, 4) is 17.2 Å². The van der Waals surface area contributed by atoms with Crippen molar-refractivity contribution in [2.75, 3.05) is 39.7 Å². The summed E-state index contributed by atoms with van der Waals surface area (Å²) >= 11 is 0. The zero-order valence-corrected chi connectivity index (χ0v) is 15.5. The molecule has 0 bridgehead atoms. The van der Waals surface area contributed by atoms with Crippen molar-refractivity contribution in [3.63, 3.8) is 0 Å². The standard InChI is InChI=1S/C20H26N2O4/c1-24-17-13-16(14-18(25-2)20(17)26-3)21-12-10-19(23)22-11-9-15-7-5-4-6-8-15/h4-8,13-14,21H,9-12H2,1-3H3,(H,22,23). The molecule has 0 aliphatic heterocycles. The van der Waals surface area contributed by atoms with Gasteiger partial charge in [-0.2, -0.15) is 0 Å². The molecule has 0 aliphatic carbocycles. The molecular formula is C20H26N2O4. The minimum Gasteiger partial charge on any atom is -0.493 e. The van der Waals surface area contributed by atoms with Crippen LogP contribution in [0.25, 0.3) is 0 Å². The Bertz CT molecular complexity index is 679. The average Bonchev–Trinajstić information content (AvgIpc) is 2.68. The number of benzene rings is 2. The second-order valence-electron chi connectivity index (χ2n) is 5.68. The molecule has 1 amide bonds. The van der Waals surface area contributed by atoms with E-state index in [4.69, 9.17) is 14.2 Å². The lowest BCUT2D eigenvalue weighted by Gasteiger charge is -2.15. The summed E-state index contributed by atoms with van der Waals surface area (Å²) in [5.41, 5.74) is 2.01. The Labute approximate surface area is 154 Å². The molecule has 2 rings (SSSR count). The predicted molar refractivity (Wildman–Crippen MR) is 102 cm³/mol. The second kappa shape index (κ2) is 10.2. The SMILES string of the molecule is COc1cc(NCCC(=O)NCCc2ccccc2)cc(OC)c1OC. The number of amides is 1. The molecule has 0 saturated heterocycles. The maximum Gasteiger partial charge on any atom is 0.221 e. The Balaban J connectivity index is 1.79. The van der Waals surface area contributed by atoms with Crippen molar-refractivity contribution >= 4 is 11.6 Å². The Morgan fingerprint density at radius 1 is 0.923 bits per heavy atom. The minimum absolute atomic E-state index is 0.0147. The van der Waals surface area contributed by atoms with Crippen LogP contribution in [-0.4, -0.2) is 40.3 Å². The van der Waals surface area contributed by atoms with Crippen molar-refractivity contribution in [3.05, 3.63) is 48.0 Å². The Hall–Kier alpha value is -2.89. The number of ether oxygens (including phenoxy) is 3. The molecule has 0 fully saturated rings. The van der Waals surface area contributed by atoms with Gasteiger partial charge in [-0.25, -0.2) is 0 Å². The summed E-state index contributed by atoms with van der Waals surface area (Å²) in [7, 11) is 4.70. The molecule has 2 aromatic rings. The molecule has 0 saturated carbocycles. The minimum atomic E-state index is 0.0147. The zero-order chi connectivity index (χ0) is 18.8. The number of anilines is 1. The van der Waals surface area contributed by atoms with Gasteiger partial charge in [-0.15, -0.1) is 0 Å². The fourth-order valence-electron chi connectivity index (χ4n) is 2.58. The van der Waals surface area contributed by atoms with Crippen LogP contribution in [0, 0.1) is 0 Å². The van der Waals surface area contributed by atoms with Crippen molar-refractivity contribution in [1.82, 2.24) is 5.32 Å². The van der Waals surface area contributed by atoms with E-state index in [1.807, 2.05) is 30.3 Å². The van der Waals surface area contributed by atoms with Crippen LogP contribution in [0.3, 0.4) is 0 Å². The Morgan fingerprint density at radius 2 is 1.58 bits per heavy atom. The van der Waals surface area contributed by atoms with Crippen molar-refractivity contribution in [1.29, 1.82) is 0 Å². The highest BCUT2D eigenvalue weighted by Crippen LogP contribution is 2.39. The van der Waals surface area contributed by atoms with Crippen LogP contribution >= 0.6 is 0 Å². The molecule has 0 unspecified atom stereocenters. The van der Waals surface area contributed by atoms with Gasteiger partial charge in [0.05, 0.1) is 21.3 Å². The number of carbonyl (C=O) groups excluding carboxylic acids is 1. The van der Waals surface area contributed by atoms with Gasteiger partial charge in [0.15, 0.2) is 11.5 Å². The van der Waals surface area contributed by atoms with Crippen molar-refractivity contribution in [2.45, 2.75) is 12.8 Å². The molecule has 6 nitrogen and oxygen atoms in total. The lowest BCUT2D eigenvalue weighted by atomic mass is 10.1. The molecule has 2 N–H and O–H groups in total. The van der Waals surface area contributed by atoms with E-state index in [0.29, 0.717) is 36.8 Å². The predicted octanol–water partition coefficient (Wildman–Crippen LogP) is 2.87. The van der Waals surface area contributed by atoms with Crippen LogP contribution in [-0.2, 0) is 11.2 Å². The Morgan fingerprint density at radius 3 is 2.15 bits per heavy atom. The third-order valence-corrected chi connectivity index (χ3v) is 3.92. The first kappa shape index (κ1) is 19.4. The van der Waals surface area contributed by atoms with E-state index < -0.39 is 0 Å². The maximum atomic E-state index is 11.9. The van der Waals surface area contributed by atoms with Crippen molar-refractivity contribution < 1.29 is 19.0 Å². The van der Waals surface area contributed by atoms with E-state index in [9.17, 15) is 4.79 Å². The van der Waals surface area contributed by atoms with Gasteiger partial charge in [0.1, 0.15) is 0 Å².